The van der Waals surface area contributed by atoms with E-state index in [2.05, 4.69) is 20.7 Å². The second-order valence-corrected chi connectivity index (χ2v) is 9.07. The highest BCUT2D eigenvalue weighted by molar-refractivity contribution is 7.99. The number of rotatable bonds is 9. The van der Waals surface area contributed by atoms with Crippen molar-refractivity contribution in [2.24, 2.45) is 5.10 Å². The monoisotopic (exact) mass is 517 g/mol. The number of allylic oxidation sites excluding steroid dienone is 1. The lowest BCUT2D eigenvalue weighted by atomic mass is 10.1. The molecule has 3 aromatic carbocycles. The van der Waals surface area contributed by atoms with Crippen molar-refractivity contribution in [3.05, 3.63) is 95.0 Å². The van der Waals surface area contributed by atoms with E-state index in [1.165, 1.54) is 18.0 Å². The maximum absolute atomic E-state index is 12.4. The number of carbonyl (C=O) groups is 1. The quantitative estimate of drug-likeness (QED) is 0.172. The number of amides is 1. The molecule has 182 valence electrons. The summed E-state index contributed by atoms with van der Waals surface area (Å²) in [5, 5.41) is 14.0. The van der Waals surface area contributed by atoms with Gasteiger partial charge in [-0.15, -0.1) is 10.2 Å². The van der Waals surface area contributed by atoms with Crippen LogP contribution in [0.15, 0.2) is 89.1 Å². The van der Waals surface area contributed by atoms with Crippen molar-refractivity contribution in [1.82, 2.24) is 20.2 Å². The molecule has 4 aromatic rings. The number of carbonyl (C=O) groups excluding carboxylic acids is 1. The molecular formula is C27H24ClN5O2S. The summed E-state index contributed by atoms with van der Waals surface area (Å²) in [7, 11) is 1.62. The van der Waals surface area contributed by atoms with Crippen molar-refractivity contribution >= 4 is 41.6 Å². The first kappa shape index (κ1) is 25.2. The molecule has 0 saturated heterocycles. The van der Waals surface area contributed by atoms with Crippen LogP contribution in [-0.4, -0.2) is 39.7 Å². The average Bonchev–Trinajstić information content (AvgIpc) is 3.32. The molecule has 0 aliphatic rings. The van der Waals surface area contributed by atoms with E-state index in [1.807, 2.05) is 90.4 Å². The van der Waals surface area contributed by atoms with E-state index in [4.69, 9.17) is 16.3 Å². The smallest absolute Gasteiger partial charge is 0.250 e. The molecule has 0 aliphatic carbocycles. The van der Waals surface area contributed by atoms with Crippen LogP contribution in [-0.2, 0) is 4.79 Å². The molecule has 1 amide bonds. The molecule has 0 unspecified atom stereocenters. The predicted octanol–water partition coefficient (Wildman–Crippen LogP) is 5.81. The number of aromatic nitrogens is 3. The Morgan fingerprint density at radius 3 is 2.58 bits per heavy atom. The summed E-state index contributed by atoms with van der Waals surface area (Å²) in [6.07, 6.45) is 5.10. The molecule has 0 spiro atoms. The largest absolute Gasteiger partial charge is 0.496 e. The van der Waals surface area contributed by atoms with Crippen LogP contribution in [0.2, 0.25) is 5.02 Å². The van der Waals surface area contributed by atoms with Gasteiger partial charge in [0.1, 0.15) is 5.75 Å². The first-order chi connectivity index (χ1) is 17.5. The van der Waals surface area contributed by atoms with Crippen molar-refractivity contribution in [3.8, 4) is 22.8 Å². The van der Waals surface area contributed by atoms with Crippen molar-refractivity contribution in [2.45, 2.75) is 12.1 Å². The molecule has 0 saturated carbocycles. The van der Waals surface area contributed by atoms with Gasteiger partial charge in [0, 0.05) is 28.1 Å². The second-order valence-electron chi connectivity index (χ2n) is 7.69. The summed E-state index contributed by atoms with van der Waals surface area (Å²) in [5.74, 6) is 1.30. The van der Waals surface area contributed by atoms with Crippen LogP contribution >= 0.6 is 23.4 Å². The van der Waals surface area contributed by atoms with Gasteiger partial charge in [0.2, 0.25) is 0 Å². The predicted molar refractivity (Wildman–Crippen MR) is 146 cm³/mol. The van der Waals surface area contributed by atoms with Crippen LogP contribution in [0, 0.1) is 6.92 Å². The maximum Gasteiger partial charge on any atom is 0.250 e. The van der Waals surface area contributed by atoms with Gasteiger partial charge < -0.3 is 4.74 Å². The number of hydrogen-bond donors (Lipinski definition) is 1. The highest BCUT2D eigenvalue weighted by atomic mass is 35.5. The molecule has 0 atom stereocenters. The third kappa shape index (κ3) is 6.41. The van der Waals surface area contributed by atoms with Crippen molar-refractivity contribution < 1.29 is 9.53 Å². The van der Waals surface area contributed by atoms with Crippen LogP contribution < -0.4 is 10.2 Å². The number of methoxy groups -OCH3 is 1. The van der Waals surface area contributed by atoms with Gasteiger partial charge in [0.15, 0.2) is 11.0 Å². The molecule has 0 radical (unpaired) electrons. The Morgan fingerprint density at radius 2 is 1.83 bits per heavy atom. The van der Waals surface area contributed by atoms with Crippen molar-refractivity contribution in [3.63, 3.8) is 0 Å². The Balaban J connectivity index is 1.44. The Hall–Kier alpha value is -3.88. The van der Waals surface area contributed by atoms with Crippen molar-refractivity contribution in [2.75, 3.05) is 12.9 Å². The number of benzene rings is 3. The average molecular weight is 518 g/mol. The van der Waals surface area contributed by atoms with E-state index in [9.17, 15) is 4.79 Å². The van der Waals surface area contributed by atoms with Gasteiger partial charge in [0.25, 0.3) is 5.91 Å². The Morgan fingerprint density at radius 1 is 1.08 bits per heavy atom. The van der Waals surface area contributed by atoms with E-state index in [-0.39, 0.29) is 11.7 Å². The number of nitrogens with zero attached hydrogens (tertiary/aromatic N) is 4. The van der Waals surface area contributed by atoms with Crippen LogP contribution in [0.1, 0.15) is 11.1 Å². The number of thioether (sulfide) groups is 1. The van der Waals surface area contributed by atoms with Gasteiger partial charge in [-0.25, -0.2) is 5.43 Å². The van der Waals surface area contributed by atoms with Gasteiger partial charge in [0.05, 0.1) is 12.9 Å². The standard InChI is InChI=1S/C27H24ClN5O2S/c1-19-9-11-21(12-10-19)26-31-32-27(33(26)23-15-13-22(28)14-16-23)36-18-25(34)30-29-17-5-7-20-6-3-4-8-24(20)35-2/h3-17H,18H2,1-2H3,(H,30,34)/b7-5+,29-17+. The molecular weight excluding hydrogens is 494 g/mol. The minimum Gasteiger partial charge on any atom is -0.496 e. The summed E-state index contributed by atoms with van der Waals surface area (Å²) >= 11 is 7.36. The Labute approximate surface area is 218 Å². The van der Waals surface area contributed by atoms with Crippen molar-refractivity contribution in [1.29, 1.82) is 0 Å². The fraction of sp³-hybridized carbons (Fsp3) is 0.111. The number of nitrogens with one attached hydrogen (secondary N) is 1. The summed E-state index contributed by atoms with van der Waals surface area (Å²) in [6.45, 7) is 2.03. The summed E-state index contributed by atoms with van der Waals surface area (Å²) in [5.41, 5.74) is 6.37. The zero-order valence-corrected chi connectivity index (χ0v) is 21.3. The molecule has 1 N–H and O–H groups in total. The lowest BCUT2D eigenvalue weighted by Gasteiger charge is -2.10. The number of para-hydroxylation sites is 1. The number of aryl methyl sites for hydroxylation is 1. The van der Waals surface area contributed by atoms with Gasteiger partial charge >= 0.3 is 0 Å². The summed E-state index contributed by atoms with van der Waals surface area (Å²) in [6, 6.07) is 23.1. The summed E-state index contributed by atoms with van der Waals surface area (Å²) < 4.78 is 7.22. The van der Waals surface area contributed by atoms with Crippen LogP contribution in [0.3, 0.4) is 0 Å². The van der Waals surface area contributed by atoms with Crippen LogP contribution in [0.25, 0.3) is 23.2 Å². The summed E-state index contributed by atoms with van der Waals surface area (Å²) in [4.78, 5) is 12.4. The van der Waals surface area contributed by atoms with E-state index in [1.54, 1.807) is 13.2 Å². The third-order valence-electron chi connectivity index (χ3n) is 5.12. The molecule has 1 aromatic heterocycles. The zero-order chi connectivity index (χ0) is 25.3. The fourth-order valence-electron chi connectivity index (χ4n) is 3.34. The Bertz CT molecular complexity index is 1380. The highest BCUT2D eigenvalue weighted by Gasteiger charge is 2.17. The lowest BCUT2D eigenvalue weighted by molar-refractivity contribution is -0.118. The molecule has 36 heavy (non-hydrogen) atoms. The lowest BCUT2D eigenvalue weighted by Crippen LogP contribution is -2.19. The first-order valence-corrected chi connectivity index (χ1v) is 12.4. The number of hydrazone groups is 1. The topological polar surface area (TPSA) is 81.4 Å². The van der Waals surface area contributed by atoms with Crippen LogP contribution in [0.4, 0.5) is 0 Å². The van der Waals surface area contributed by atoms with Gasteiger partial charge in [-0.2, -0.15) is 5.10 Å². The SMILES string of the molecule is COc1ccccc1/C=C/C=N/NC(=O)CSc1nnc(-c2ccc(C)cc2)n1-c1ccc(Cl)cc1. The minimum absolute atomic E-state index is 0.118. The molecule has 7 nitrogen and oxygen atoms in total. The minimum atomic E-state index is -0.260. The highest BCUT2D eigenvalue weighted by Crippen LogP contribution is 2.28. The number of halogens is 1. The zero-order valence-electron chi connectivity index (χ0n) is 19.8. The maximum atomic E-state index is 12.4. The molecule has 0 aliphatic heterocycles. The van der Waals surface area contributed by atoms with Gasteiger partial charge in [-0.05, 0) is 49.4 Å². The van der Waals surface area contributed by atoms with E-state index in [0.717, 1.165) is 28.1 Å². The molecule has 1 heterocycles. The Kier molecular flexibility index (Phi) is 8.54. The molecule has 4 rings (SSSR count). The third-order valence-corrected chi connectivity index (χ3v) is 6.31. The van der Waals surface area contributed by atoms with Gasteiger partial charge in [-0.1, -0.05) is 71.4 Å². The molecule has 9 heteroatoms. The van der Waals surface area contributed by atoms with E-state index in [0.29, 0.717) is 16.0 Å². The number of hydrogen-bond acceptors (Lipinski definition) is 6. The van der Waals surface area contributed by atoms with E-state index >= 15 is 0 Å². The van der Waals surface area contributed by atoms with Crippen LogP contribution in [0.5, 0.6) is 5.75 Å². The fourth-order valence-corrected chi connectivity index (χ4v) is 4.21. The number of ether oxygens (including phenoxy) is 1. The molecule has 0 bridgehead atoms. The normalized spacial score (nSPS) is 11.3. The molecule has 0 fully saturated rings. The van der Waals surface area contributed by atoms with Gasteiger partial charge in [-0.3, -0.25) is 9.36 Å². The first-order valence-electron chi connectivity index (χ1n) is 11.1. The van der Waals surface area contributed by atoms with E-state index < -0.39 is 0 Å². The second kappa shape index (κ2) is 12.2.